The van der Waals surface area contributed by atoms with E-state index in [1.807, 2.05) is 0 Å². The van der Waals surface area contributed by atoms with Crippen molar-refractivity contribution in [3.05, 3.63) is 16.7 Å². The third-order valence-electron chi connectivity index (χ3n) is 3.12. The number of nitrogens with zero attached hydrogens (tertiary/aromatic N) is 3. The number of aliphatic hydroxyl groups is 1. The van der Waals surface area contributed by atoms with Crippen LogP contribution >= 0.6 is 0 Å². The molecule has 0 aliphatic carbocycles. The van der Waals surface area contributed by atoms with Crippen molar-refractivity contribution in [3.63, 3.8) is 0 Å². The van der Waals surface area contributed by atoms with E-state index in [1.54, 1.807) is 11.5 Å². The smallest absolute Gasteiger partial charge is 0.280 e. The van der Waals surface area contributed by atoms with Gasteiger partial charge in [0.15, 0.2) is 11.2 Å². The van der Waals surface area contributed by atoms with E-state index < -0.39 is 6.10 Å². The first-order valence-electron chi connectivity index (χ1n) is 5.62. The molecule has 1 unspecified atom stereocenters. The Bertz CT molecular complexity index is 638. The highest BCUT2D eigenvalue weighted by atomic mass is 16.5. The van der Waals surface area contributed by atoms with Crippen LogP contribution in [0.1, 0.15) is 19.6 Å². The molecule has 1 aliphatic rings. The summed E-state index contributed by atoms with van der Waals surface area (Å²) in [5.74, 6) is 0.0286. The lowest BCUT2D eigenvalue weighted by atomic mass is 10.2. The number of rotatable bonds is 1. The average Bonchev–Trinajstić information content (AvgIpc) is 2.83. The van der Waals surface area contributed by atoms with Crippen LogP contribution in [0.3, 0.4) is 0 Å². The first kappa shape index (κ1) is 11.2. The summed E-state index contributed by atoms with van der Waals surface area (Å²) in [5.41, 5.74) is 5.70. The highest BCUT2D eigenvalue weighted by Crippen LogP contribution is 2.29. The number of aromatic amines is 1. The fraction of sp³-hybridized carbons (Fsp3) is 0.500. The topological polar surface area (TPSA) is 119 Å². The molecule has 1 saturated heterocycles. The molecule has 0 saturated carbocycles. The Morgan fingerprint density at radius 1 is 1.67 bits per heavy atom. The summed E-state index contributed by atoms with van der Waals surface area (Å²) in [6, 6.07) is 0. The van der Waals surface area contributed by atoms with E-state index in [0.29, 0.717) is 12.1 Å². The zero-order chi connectivity index (χ0) is 12.9. The summed E-state index contributed by atoms with van der Waals surface area (Å²) < 4.78 is 7.20. The number of fused-ring (bicyclic) bond motifs is 1. The van der Waals surface area contributed by atoms with Gasteiger partial charge in [-0.25, -0.2) is 4.98 Å². The van der Waals surface area contributed by atoms with Gasteiger partial charge in [-0.3, -0.25) is 14.3 Å². The summed E-state index contributed by atoms with van der Waals surface area (Å²) >= 11 is 0. The lowest BCUT2D eigenvalue weighted by Crippen LogP contribution is -2.15. The van der Waals surface area contributed by atoms with Gasteiger partial charge < -0.3 is 15.6 Å². The van der Waals surface area contributed by atoms with E-state index in [0.717, 1.165) is 0 Å². The van der Waals surface area contributed by atoms with Crippen molar-refractivity contribution in [2.45, 2.75) is 31.8 Å². The number of H-pyrrole nitrogens is 1. The zero-order valence-corrected chi connectivity index (χ0v) is 9.70. The number of anilines is 1. The second kappa shape index (κ2) is 3.79. The lowest BCUT2D eigenvalue weighted by molar-refractivity contribution is -0.00631. The van der Waals surface area contributed by atoms with Crippen LogP contribution in [0.5, 0.6) is 0 Å². The van der Waals surface area contributed by atoms with Crippen molar-refractivity contribution in [1.29, 1.82) is 0 Å². The fourth-order valence-corrected chi connectivity index (χ4v) is 2.13. The number of aromatic nitrogens is 4. The Kier molecular flexibility index (Phi) is 2.35. The van der Waals surface area contributed by atoms with Crippen molar-refractivity contribution in [3.8, 4) is 0 Å². The van der Waals surface area contributed by atoms with Gasteiger partial charge in [0.25, 0.3) is 5.56 Å². The van der Waals surface area contributed by atoms with Crippen LogP contribution in [0, 0.1) is 0 Å². The average molecular weight is 251 g/mol. The van der Waals surface area contributed by atoms with Gasteiger partial charge in [0, 0.05) is 6.42 Å². The molecule has 3 atom stereocenters. The number of nitrogens with one attached hydrogen (secondary N) is 1. The van der Waals surface area contributed by atoms with Gasteiger partial charge in [-0.1, -0.05) is 0 Å². The molecule has 0 bridgehead atoms. The summed E-state index contributed by atoms with van der Waals surface area (Å²) in [6.45, 7) is 1.79. The van der Waals surface area contributed by atoms with Gasteiger partial charge in [-0.2, -0.15) is 4.98 Å². The zero-order valence-electron chi connectivity index (χ0n) is 9.70. The summed E-state index contributed by atoms with van der Waals surface area (Å²) in [4.78, 5) is 22.0. The van der Waals surface area contributed by atoms with E-state index in [9.17, 15) is 9.90 Å². The Hall–Kier alpha value is -1.93. The Balaban J connectivity index is 2.11. The molecule has 1 aliphatic heterocycles. The van der Waals surface area contributed by atoms with Crippen molar-refractivity contribution in [2.75, 3.05) is 5.73 Å². The number of hydrogen-bond donors (Lipinski definition) is 3. The maximum Gasteiger partial charge on any atom is 0.280 e. The van der Waals surface area contributed by atoms with Crippen LogP contribution in [0.25, 0.3) is 11.2 Å². The second-order valence-electron chi connectivity index (χ2n) is 4.37. The minimum Gasteiger partial charge on any atom is -0.390 e. The number of aliphatic hydroxyl groups excluding tert-OH is 1. The molecule has 0 radical (unpaired) electrons. The molecule has 0 amide bonds. The van der Waals surface area contributed by atoms with Crippen LogP contribution < -0.4 is 11.3 Å². The number of imidazole rings is 1. The standard InChI is InChI=1S/C10H13N5O3/c1-4-5(16)2-6(18-4)15-3-12-7-8(15)13-10(11)14-9(7)17/h3-6,16H,2H2,1H3,(H3,11,13,14,17)/t4-,5?,6-/m1/s1. The molecule has 96 valence electrons. The molecule has 0 aromatic carbocycles. The lowest BCUT2D eigenvalue weighted by Gasteiger charge is -2.12. The first-order valence-corrected chi connectivity index (χ1v) is 5.62. The Labute approximate surface area is 101 Å². The number of ether oxygens (including phenoxy) is 1. The van der Waals surface area contributed by atoms with Gasteiger partial charge in [0.2, 0.25) is 5.95 Å². The second-order valence-corrected chi connectivity index (χ2v) is 4.37. The number of hydrogen-bond acceptors (Lipinski definition) is 6. The molecule has 3 rings (SSSR count). The van der Waals surface area contributed by atoms with E-state index >= 15 is 0 Å². The normalized spacial score (nSPS) is 28.0. The SMILES string of the molecule is C[C@H]1O[C@@H](n2cnc3c(=O)[nH]c(N)nc32)CC1O. The van der Waals surface area contributed by atoms with Gasteiger partial charge in [0.1, 0.15) is 6.23 Å². The molecule has 4 N–H and O–H groups in total. The Morgan fingerprint density at radius 2 is 2.44 bits per heavy atom. The highest BCUT2D eigenvalue weighted by molar-refractivity contribution is 5.70. The van der Waals surface area contributed by atoms with E-state index in [4.69, 9.17) is 10.5 Å². The largest absolute Gasteiger partial charge is 0.390 e. The van der Waals surface area contributed by atoms with Crippen LogP contribution in [0.15, 0.2) is 11.1 Å². The predicted octanol–water partition coefficient (Wildman–Crippen LogP) is -0.630. The maximum atomic E-state index is 11.6. The van der Waals surface area contributed by atoms with Crippen molar-refractivity contribution in [2.24, 2.45) is 0 Å². The van der Waals surface area contributed by atoms with Crippen molar-refractivity contribution < 1.29 is 9.84 Å². The van der Waals surface area contributed by atoms with Gasteiger partial charge in [0.05, 0.1) is 18.5 Å². The molecule has 3 heterocycles. The molecule has 8 nitrogen and oxygen atoms in total. The summed E-state index contributed by atoms with van der Waals surface area (Å²) in [5, 5.41) is 9.68. The van der Waals surface area contributed by atoms with E-state index in [1.165, 1.54) is 6.33 Å². The molecule has 18 heavy (non-hydrogen) atoms. The van der Waals surface area contributed by atoms with Gasteiger partial charge in [-0.05, 0) is 6.92 Å². The fourth-order valence-electron chi connectivity index (χ4n) is 2.13. The van der Waals surface area contributed by atoms with Crippen molar-refractivity contribution in [1.82, 2.24) is 19.5 Å². The predicted molar refractivity (Wildman–Crippen MR) is 62.8 cm³/mol. The first-order chi connectivity index (χ1) is 8.56. The minimum atomic E-state index is -0.535. The van der Waals surface area contributed by atoms with E-state index in [-0.39, 0.29) is 29.4 Å². The van der Waals surface area contributed by atoms with Crippen LogP contribution in [-0.2, 0) is 4.74 Å². The third kappa shape index (κ3) is 1.57. The molecule has 2 aromatic rings. The van der Waals surface area contributed by atoms with Gasteiger partial charge in [-0.15, -0.1) is 0 Å². The molecule has 2 aromatic heterocycles. The van der Waals surface area contributed by atoms with E-state index in [2.05, 4.69) is 15.0 Å². The highest BCUT2D eigenvalue weighted by Gasteiger charge is 2.32. The Morgan fingerprint density at radius 3 is 3.11 bits per heavy atom. The van der Waals surface area contributed by atoms with Gasteiger partial charge >= 0.3 is 0 Å². The molecule has 0 spiro atoms. The summed E-state index contributed by atoms with van der Waals surface area (Å²) in [7, 11) is 0. The molecule has 8 heteroatoms. The van der Waals surface area contributed by atoms with Crippen LogP contribution in [-0.4, -0.2) is 36.8 Å². The molecular weight excluding hydrogens is 238 g/mol. The molecular formula is C10H13N5O3. The quantitative estimate of drug-likeness (QED) is 0.620. The summed E-state index contributed by atoms with van der Waals surface area (Å²) in [6.07, 6.45) is 0.732. The van der Waals surface area contributed by atoms with Crippen LogP contribution in [0.4, 0.5) is 5.95 Å². The monoisotopic (exact) mass is 251 g/mol. The van der Waals surface area contributed by atoms with Crippen molar-refractivity contribution >= 4 is 17.1 Å². The number of nitrogens with two attached hydrogens (primary N) is 1. The maximum absolute atomic E-state index is 11.6. The third-order valence-corrected chi connectivity index (χ3v) is 3.12. The minimum absolute atomic E-state index is 0.0286. The van der Waals surface area contributed by atoms with Crippen LogP contribution in [0.2, 0.25) is 0 Å². The number of nitrogen functional groups attached to an aromatic ring is 1. The molecule has 1 fully saturated rings.